The van der Waals surface area contributed by atoms with E-state index in [1.807, 2.05) is 0 Å². The Kier molecular flexibility index (Phi) is 2.34. The van der Waals surface area contributed by atoms with Crippen LogP contribution in [0.25, 0.3) is 0 Å². The van der Waals surface area contributed by atoms with Gasteiger partial charge in [0.25, 0.3) is 5.91 Å². The van der Waals surface area contributed by atoms with Gasteiger partial charge >= 0.3 is 6.03 Å². The predicted octanol–water partition coefficient (Wildman–Crippen LogP) is 1.32. The standard InChI is InChI=1S/C9H7ClN2O3/c10-6-3-1-5(2-4-6)7-8(13)12(15)9(14)11-7/h1-4,7,15H,(H,11,14)/t7-/m0/s1. The first-order chi connectivity index (χ1) is 7.09. The van der Waals surface area contributed by atoms with Crippen LogP contribution in [-0.2, 0) is 4.79 Å². The lowest BCUT2D eigenvalue weighted by atomic mass is 10.1. The molecule has 1 aromatic rings. The van der Waals surface area contributed by atoms with Gasteiger partial charge in [0, 0.05) is 5.02 Å². The molecule has 0 aromatic heterocycles. The molecule has 5 nitrogen and oxygen atoms in total. The second kappa shape index (κ2) is 3.52. The van der Waals surface area contributed by atoms with E-state index >= 15 is 0 Å². The highest BCUT2D eigenvalue weighted by atomic mass is 35.5. The van der Waals surface area contributed by atoms with Gasteiger partial charge in [-0.25, -0.2) is 4.79 Å². The summed E-state index contributed by atoms with van der Waals surface area (Å²) in [7, 11) is 0. The molecule has 6 heteroatoms. The quantitative estimate of drug-likeness (QED) is 0.561. The van der Waals surface area contributed by atoms with Gasteiger partial charge in [0.15, 0.2) is 0 Å². The molecule has 3 amide bonds. The summed E-state index contributed by atoms with van der Waals surface area (Å²) < 4.78 is 0. The Labute approximate surface area is 90.2 Å². The average Bonchev–Trinajstić information content (AvgIpc) is 2.47. The van der Waals surface area contributed by atoms with Crippen LogP contribution >= 0.6 is 11.6 Å². The number of amides is 3. The van der Waals surface area contributed by atoms with Gasteiger partial charge in [-0.05, 0) is 17.7 Å². The van der Waals surface area contributed by atoms with Crippen LogP contribution in [-0.4, -0.2) is 22.2 Å². The SMILES string of the molecule is O=C1N[C@@H](c2ccc(Cl)cc2)C(=O)N1O. The lowest BCUT2D eigenvalue weighted by Gasteiger charge is -2.06. The number of halogens is 1. The molecule has 2 rings (SSSR count). The van der Waals surface area contributed by atoms with Crippen molar-refractivity contribution in [2.45, 2.75) is 6.04 Å². The Hall–Kier alpha value is -1.59. The van der Waals surface area contributed by atoms with Gasteiger partial charge in [-0.15, -0.1) is 5.06 Å². The fourth-order valence-corrected chi connectivity index (χ4v) is 1.48. The number of urea groups is 1. The number of hydroxylamine groups is 2. The molecule has 0 spiro atoms. The van der Waals surface area contributed by atoms with E-state index in [0.717, 1.165) is 0 Å². The van der Waals surface area contributed by atoms with Crippen LogP contribution in [0.5, 0.6) is 0 Å². The number of benzene rings is 1. The third-order valence-electron chi connectivity index (χ3n) is 2.12. The van der Waals surface area contributed by atoms with Crippen molar-refractivity contribution in [2.75, 3.05) is 0 Å². The lowest BCUT2D eigenvalue weighted by molar-refractivity contribution is -0.149. The topological polar surface area (TPSA) is 69.6 Å². The molecule has 0 bridgehead atoms. The number of imide groups is 1. The summed E-state index contributed by atoms with van der Waals surface area (Å²) in [5, 5.41) is 11.9. The van der Waals surface area contributed by atoms with E-state index in [1.54, 1.807) is 24.3 Å². The van der Waals surface area contributed by atoms with Gasteiger partial charge in [0.05, 0.1) is 0 Å². The molecule has 1 aliphatic heterocycles. The molecule has 0 unspecified atom stereocenters. The molecule has 1 atom stereocenters. The van der Waals surface area contributed by atoms with Crippen molar-refractivity contribution in [2.24, 2.45) is 0 Å². The van der Waals surface area contributed by atoms with Crippen LogP contribution in [0.15, 0.2) is 24.3 Å². The van der Waals surface area contributed by atoms with Crippen LogP contribution in [0.4, 0.5) is 4.79 Å². The normalized spacial score (nSPS) is 20.7. The largest absolute Gasteiger partial charge is 0.349 e. The molecule has 0 radical (unpaired) electrons. The fourth-order valence-electron chi connectivity index (χ4n) is 1.35. The van der Waals surface area contributed by atoms with Gasteiger partial charge in [-0.2, -0.15) is 0 Å². The second-order valence-electron chi connectivity index (χ2n) is 3.08. The maximum Gasteiger partial charge on any atom is 0.349 e. The van der Waals surface area contributed by atoms with Crippen LogP contribution in [0.3, 0.4) is 0 Å². The molecular formula is C9H7ClN2O3. The zero-order chi connectivity index (χ0) is 11.0. The summed E-state index contributed by atoms with van der Waals surface area (Å²) in [4.78, 5) is 22.3. The van der Waals surface area contributed by atoms with Gasteiger partial charge < -0.3 is 5.32 Å². The molecule has 1 saturated heterocycles. The zero-order valence-corrected chi connectivity index (χ0v) is 8.23. The number of nitrogens with zero attached hydrogens (tertiary/aromatic N) is 1. The smallest absolute Gasteiger partial charge is 0.320 e. The number of carbonyl (C=O) groups excluding carboxylic acids is 2. The highest BCUT2D eigenvalue weighted by molar-refractivity contribution is 6.30. The molecule has 78 valence electrons. The molecule has 15 heavy (non-hydrogen) atoms. The first-order valence-electron chi connectivity index (χ1n) is 4.18. The Morgan fingerprint density at radius 1 is 1.27 bits per heavy atom. The van der Waals surface area contributed by atoms with Crippen LogP contribution in [0, 0.1) is 0 Å². The number of rotatable bonds is 1. The maximum atomic E-state index is 11.4. The molecular weight excluding hydrogens is 220 g/mol. The fraction of sp³-hybridized carbons (Fsp3) is 0.111. The lowest BCUT2D eigenvalue weighted by Crippen LogP contribution is -2.26. The monoisotopic (exact) mass is 226 g/mol. The molecule has 0 saturated carbocycles. The highest BCUT2D eigenvalue weighted by Gasteiger charge is 2.38. The Bertz CT molecular complexity index is 418. The Morgan fingerprint density at radius 3 is 2.33 bits per heavy atom. The summed E-state index contributed by atoms with van der Waals surface area (Å²) in [5.74, 6) is -0.692. The van der Waals surface area contributed by atoms with Crippen molar-refractivity contribution in [1.82, 2.24) is 10.4 Å². The molecule has 2 N–H and O–H groups in total. The predicted molar refractivity (Wildman–Crippen MR) is 51.4 cm³/mol. The van der Waals surface area contributed by atoms with Gasteiger partial charge in [-0.1, -0.05) is 23.7 Å². The van der Waals surface area contributed by atoms with Gasteiger partial charge in [0.1, 0.15) is 6.04 Å². The van der Waals surface area contributed by atoms with E-state index in [9.17, 15) is 9.59 Å². The number of hydrogen-bond donors (Lipinski definition) is 2. The van der Waals surface area contributed by atoms with Crippen molar-refractivity contribution in [3.8, 4) is 0 Å². The Balaban J connectivity index is 2.29. The first kappa shape index (κ1) is 9.95. The number of nitrogens with one attached hydrogen (secondary N) is 1. The molecule has 1 aliphatic rings. The summed E-state index contributed by atoms with van der Waals surface area (Å²) in [6, 6.07) is 4.79. The minimum atomic E-state index is -0.834. The van der Waals surface area contributed by atoms with Crippen molar-refractivity contribution < 1.29 is 14.8 Å². The molecule has 0 aliphatic carbocycles. The molecule has 1 fully saturated rings. The summed E-state index contributed by atoms with van der Waals surface area (Å²) >= 11 is 5.68. The number of carbonyl (C=O) groups is 2. The van der Waals surface area contributed by atoms with E-state index in [2.05, 4.69) is 5.32 Å². The van der Waals surface area contributed by atoms with Gasteiger partial charge in [-0.3, -0.25) is 10.0 Å². The van der Waals surface area contributed by atoms with Crippen LogP contribution in [0.2, 0.25) is 5.02 Å². The minimum Gasteiger partial charge on any atom is -0.320 e. The number of hydrogen-bond acceptors (Lipinski definition) is 3. The van der Waals surface area contributed by atoms with Crippen molar-refractivity contribution in [3.63, 3.8) is 0 Å². The van der Waals surface area contributed by atoms with Crippen LogP contribution < -0.4 is 5.32 Å². The maximum absolute atomic E-state index is 11.4. The van der Waals surface area contributed by atoms with Crippen LogP contribution in [0.1, 0.15) is 11.6 Å². The average molecular weight is 227 g/mol. The third-order valence-corrected chi connectivity index (χ3v) is 2.37. The van der Waals surface area contributed by atoms with E-state index in [-0.39, 0.29) is 5.06 Å². The molecule has 1 heterocycles. The highest BCUT2D eigenvalue weighted by Crippen LogP contribution is 2.21. The van der Waals surface area contributed by atoms with E-state index in [1.165, 1.54) is 0 Å². The van der Waals surface area contributed by atoms with Gasteiger partial charge in [0.2, 0.25) is 0 Å². The second-order valence-corrected chi connectivity index (χ2v) is 3.52. The van der Waals surface area contributed by atoms with Crippen molar-refractivity contribution in [3.05, 3.63) is 34.9 Å². The summed E-state index contributed by atoms with van der Waals surface area (Å²) in [6.45, 7) is 0. The zero-order valence-electron chi connectivity index (χ0n) is 7.48. The van der Waals surface area contributed by atoms with E-state index in [0.29, 0.717) is 10.6 Å². The van der Waals surface area contributed by atoms with Crippen molar-refractivity contribution in [1.29, 1.82) is 0 Å². The minimum absolute atomic E-state index is 0.0687. The summed E-state index contributed by atoms with van der Waals surface area (Å²) in [6.07, 6.45) is 0. The molecule has 1 aromatic carbocycles. The Morgan fingerprint density at radius 2 is 1.87 bits per heavy atom. The van der Waals surface area contributed by atoms with E-state index < -0.39 is 18.0 Å². The summed E-state index contributed by atoms with van der Waals surface area (Å²) in [5.41, 5.74) is 0.578. The first-order valence-corrected chi connectivity index (χ1v) is 4.56. The third kappa shape index (κ3) is 1.67. The van der Waals surface area contributed by atoms with E-state index in [4.69, 9.17) is 16.8 Å². The van der Waals surface area contributed by atoms with Crippen molar-refractivity contribution >= 4 is 23.5 Å².